The number of amides is 1. The molecule has 2 aromatic heterocycles. The molecule has 0 spiro atoms. The highest BCUT2D eigenvalue weighted by molar-refractivity contribution is 6.32. The second kappa shape index (κ2) is 11.9. The fourth-order valence-corrected chi connectivity index (χ4v) is 4.81. The van der Waals surface area contributed by atoms with Gasteiger partial charge in [-0.1, -0.05) is 79.2 Å². The highest BCUT2D eigenvalue weighted by Crippen LogP contribution is 2.30. The zero-order valence-corrected chi connectivity index (χ0v) is 22.2. The van der Waals surface area contributed by atoms with Crippen LogP contribution in [0.3, 0.4) is 0 Å². The van der Waals surface area contributed by atoms with E-state index in [-0.39, 0.29) is 16.8 Å². The molecule has 2 heterocycles. The Hall–Kier alpha value is -4.50. The summed E-state index contributed by atoms with van der Waals surface area (Å²) in [7, 11) is 0. The quantitative estimate of drug-likeness (QED) is 0.227. The Morgan fingerprint density at radius 2 is 1.69 bits per heavy atom. The molecule has 0 bridgehead atoms. The molecule has 0 fully saturated rings. The molecule has 0 atom stereocenters. The Bertz CT molecular complexity index is 1550. The highest BCUT2D eigenvalue weighted by Gasteiger charge is 2.22. The molecule has 0 unspecified atom stereocenters. The summed E-state index contributed by atoms with van der Waals surface area (Å²) in [5, 5.41) is 26.9. The standard InChI is InChI=1S/C29H28ClN7O2/c1-2-5-25-32-27(30)26(29(39)31-17-16-19-10-14-22(38)15-11-19)37(25)18-20-8-12-21(13-9-20)23-6-3-4-7-24(23)28-33-35-36-34-28/h3-4,6-15,38H,2,5,16-18H2,1H3,(H,31,39)(H,33,34,35,36). The van der Waals surface area contributed by atoms with E-state index in [9.17, 15) is 9.90 Å². The zero-order chi connectivity index (χ0) is 27.2. The van der Waals surface area contributed by atoms with Gasteiger partial charge in [0.05, 0.1) is 0 Å². The number of nitrogens with zero attached hydrogens (tertiary/aromatic N) is 5. The van der Waals surface area contributed by atoms with Crippen LogP contribution in [-0.4, -0.2) is 47.7 Å². The first-order valence-electron chi connectivity index (χ1n) is 12.8. The van der Waals surface area contributed by atoms with Crippen LogP contribution in [0.25, 0.3) is 22.5 Å². The van der Waals surface area contributed by atoms with E-state index < -0.39 is 0 Å². The van der Waals surface area contributed by atoms with Gasteiger partial charge in [-0.05, 0) is 57.7 Å². The molecule has 5 rings (SSSR count). The maximum atomic E-state index is 13.2. The SMILES string of the molecule is CCCc1nc(Cl)c(C(=O)NCCc2ccc(O)cc2)n1Cc1ccc(-c2ccccc2-c2nnn[nH]2)cc1. The van der Waals surface area contributed by atoms with E-state index >= 15 is 0 Å². The van der Waals surface area contributed by atoms with Gasteiger partial charge in [-0.25, -0.2) is 10.1 Å². The van der Waals surface area contributed by atoms with Crippen LogP contribution < -0.4 is 5.32 Å². The lowest BCUT2D eigenvalue weighted by Gasteiger charge is -2.13. The molecule has 3 N–H and O–H groups in total. The van der Waals surface area contributed by atoms with Crippen LogP contribution >= 0.6 is 11.6 Å². The number of halogens is 1. The number of hydrogen-bond acceptors (Lipinski definition) is 6. The lowest BCUT2D eigenvalue weighted by Crippen LogP contribution is -2.28. The van der Waals surface area contributed by atoms with Crippen LogP contribution in [0.5, 0.6) is 5.75 Å². The van der Waals surface area contributed by atoms with E-state index in [0.717, 1.165) is 40.1 Å². The first-order valence-corrected chi connectivity index (χ1v) is 13.1. The monoisotopic (exact) mass is 541 g/mol. The topological polar surface area (TPSA) is 122 Å². The van der Waals surface area contributed by atoms with Crippen molar-refractivity contribution in [2.24, 2.45) is 0 Å². The third-order valence-corrected chi connectivity index (χ3v) is 6.73. The van der Waals surface area contributed by atoms with E-state index in [1.165, 1.54) is 0 Å². The number of carbonyl (C=O) groups is 1. The van der Waals surface area contributed by atoms with Gasteiger partial charge in [0.25, 0.3) is 5.91 Å². The van der Waals surface area contributed by atoms with Crippen molar-refractivity contribution in [1.29, 1.82) is 0 Å². The predicted molar refractivity (Wildman–Crippen MR) is 150 cm³/mol. The lowest BCUT2D eigenvalue weighted by atomic mass is 9.98. The number of phenolic OH excluding ortho intramolecular Hbond substituents is 1. The Kier molecular flexibility index (Phi) is 7.98. The highest BCUT2D eigenvalue weighted by atomic mass is 35.5. The Labute approximate surface area is 230 Å². The molecule has 39 heavy (non-hydrogen) atoms. The minimum atomic E-state index is -0.264. The molecule has 3 aromatic carbocycles. The number of imidazole rings is 1. The molecule has 1 amide bonds. The fraction of sp³-hybridized carbons (Fsp3) is 0.207. The summed E-state index contributed by atoms with van der Waals surface area (Å²) < 4.78 is 1.91. The normalized spacial score (nSPS) is 11.0. The van der Waals surface area contributed by atoms with Crippen molar-refractivity contribution >= 4 is 17.5 Å². The van der Waals surface area contributed by atoms with Gasteiger partial charge in [0.15, 0.2) is 11.0 Å². The molecule has 0 aliphatic carbocycles. The van der Waals surface area contributed by atoms with Crippen molar-refractivity contribution < 1.29 is 9.90 Å². The first kappa shape index (κ1) is 26.1. The number of aromatic amines is 1. The molecule has 198 valence electrons. The molecular formula is C29H28ClN7O2. The van der Waals surface area contributed by atoms with Crippen molar-refractivity contribution in [2.75, 3.05) is 6.54 Å². The fourth-order valence-electron chi connectivity index (χ4n) is 4.52. The largest absolute Gasteiger partial charge is 0.508 e. The average Bonchev–Trinajstić information content (AvgIpc) is 3.59. The van der Waals surface area contributed by atoms with E-state index in [2.05, 4.69) is 37.8 Å². The van der Waals surface area contributed by atoms with Gasteiger partial charge in [-0.3, -0.25) is 4.79 Å². The minimum absolute atomic E-state index is 0.201. The Morgan fingerprint density at radius 1 is 0.974 bits per heavy atom. The number of phenols is 1. The number of tetrazole rings is 1. The van der Waals surface area contributed by atoms with Crippen LogP contribution in [0.1, 0.15) is 40.8 Å². The number of aryl methyl sites for hydroxylation is 1. The van der Waals surface area contributed by atoms with Crippen molar-refractivity contribution in [3.63, 3.8) is 0 Å². The van der Waals surface area contributed by atoms with E-state index in [1.807, 2.05) is 65.2 Å². The number of aromatic nitrogens is 6. The van der Waals surface area contributed by atoms with Crippen LogP contribution in [0.2, 0.25) is 5.15 Å². The third kappa shape index (κ3) is 5.99. The molecule has 0 saturated heterocycles. The number of hydrogen-bond donors (Lipinski definition) is 3. The molecule has 0 aliphatic heterocycles. The summed E-state index contributed by atoms with van der Waals surface area (Å²) in [4.78, 5) is 17.7. The van der Waals surface area contributed by atoms with Crippen molar-refractivity contribution in [3.8, 4) is 28.3 Å². The molecule has 5 aromatic rings. The Morgan fingerprint density at radius 3 is 2.38 bits per heavy atom. The van der Waals surface area contributed by atoms with Crippen molar-refractivity contribution in [1.82, 2.24) is 35.5 Å². The van der Waals surface area contributed by atoms with Gasteiger partial charge in [-0.2, -0.15) is 0 Å². The van der Waals surface area contributed by atoms with Gasteiger partial charge >= 0.3 is 0 Å². The van der Waals surface area contributed by atoms with E-state index in [4.69, 9.17) is 11.6 Å². The second-order valence-electron chi connectivity index (χ2n) is 9.17. The maximum absolute atomic E-state index is 13.2. The van der Waals surface area contributed by atoms with Gasteiger partial charge in [0, 0.05) is 25.1 Å². The smallest absolute Gasteiger partial charge is 0.271 e. The predicted octanol–water partition coefficient (Wildman–Crippen LogP) is 5.06. The summed E-state index contributed by atoms with van der Waals surface area (Å²) >= 11 is 6.49. The molecule has 0 saturated carbocycles. The summed E-state index contributed by atoms with van der Waals surface area (Å²) in [6.45, 7) is 2.97. The van der Waals surface area contributed by atoms with E-state index in [1.54, 1.807) is 12.1 Å². The molecule has 9 nitrogen and oxygen atoms in total. The number of benzene rings is 3. The minimum Gasteiger partial charge on any atom is -0.508 e. The summed E-state index contributed by atoms with van der Waals surface area (Å²) in [5.74, 6) is 1.33. The van der Waals surface area contributed by atoms with Gasteiger partial charge in [0.2, 0.25) is 0 Å². The number of rotatable bonds is 10. The van der Waals surface area contributed by atoms with Crippen LogP contribution in [0.15, 0.2) is 72.8 Å². The van der Waals surface area contributed by atoms with Crippen LogP contribution in [0, 0.1) is 0 Å². The summed E-state index contributed by atoms with van der Waals surface area (Å²) in [5.41, 5.74) is 5.33. The lowest BCUT2D eigenvalue weighted by molar-refractivity contribution is 0.0945. The molecule has 0 radical (unpaired) electrons. The van der Waals surface area contributed by atoms with E-state index in [0.29, 0.717) is 37.4 Å². The van der Waals surface area contributed by atoms with Crippen molar-refractivity contribution in [3.05, 3.63) is 101 Å². The number of carbonyl (C=O) groups excluding carboxylic acids is 1. The maximum Gasteiger partial charge on any atom is 0.271 e. The number of H-pyrrole nitrogens is 1. The van der Waals surface area contributed by atoms with Crippen molar-refractivity contribution in [2.45, 2.75) is 32.7 Å². The summed E-state index contributed by atoms with van der Waals surface area (Å²) in [6, 6.07) is 23.1. The molecular weight excluding hydrogens is 514 g/mol. The third-order valence-electron chi connectivity index (χ3n) is 6.46. The van der Waals surface area contributed by atoms with Crippen LogP contribution in [0.4, 0.5) is 0 Å². The number of aromatic hydroxyl groups is 1. The first-order chi connectivity index (χ1) is 19.0. The zero-order valence-electron chi connectivity index (χ0n) is 21.4. The number of nitrogens with one attached hydrogen (secondary N) is 2. The second-order valence-corrected chi connectivity index (χ2v) is 9.53. The Balaban J connectivity index is 1.35. The van der Waals surface area contributed by atoms with Gasteiger partial charge in [0.1, 0.15) is 17.3 Å². The summed E-state index contributed by atoms with van der Waals surface area (Å²) in [6.07, 6.45) is 2.21. The van der Waals surface area contributed by atoms with Gasteiger partial charge < -0.3 is 15.0 Å². The molecule has 10 heteroatoms. The van der Waals surface area contributed by atoms with Gasteiger partial charge in [-0.15, -0.1) is 5.10 Å². The molecule has 0 aliphatic rings. The average molecular weight is 542 g/mol. The van der Waals surface area contributed by atoms with Crippen LogP contribution in [-0.2, 0) is 19.4 Å².